The molecule has 1 N–H and O–H groups in total. The van der Waals surface area contributed by atoms with Crippen LogP contribution in [0.2, 0.25) is 0 Å². The Balaban J connectivity index is 1.92. The van der Waals surface area contributed by atoms with Gasteiger partial charge in [-0.2, -0.15) is 5.10 Å². The molecule has 1 aromatic carbocycles. The van der Waals surface area contributed by atoms with E-state index in [0.29, 0.717) is 11.1 Å². The molecule has 0 aliphatic carbocycles. The molecule has 0 bridgehead atoms. The summed E-state index contributed by atoms with van der Waals surface area (Å²) in [5.41, 5.74) is 3.58. The first-order valence-electron chi connectivity index (χ1n) is 7.18. The third-order valence-electron chi connectivity index (χ3n) is 3.79. The summed E-state index contributed by atoms with van der Waals surface area (Å²) >= 11 is 0. The van der Waals surface area contributed by atoms with E-state index < -0.39 is 11.6 Å². The molecular formula is C17H16N2O4. The van der Waals surface area contributed by atoms with Crippen molar-refractivity contribution in [2.24, 2.45) is 0 Å². The van der Waals surface area contributed by atoms with Gasteiger partial charge in [-0.25, -0.2) is 9.59 Å². The molecule has 0 atom stereocenters. The lowest BCUT2D eigenvalue weighted by atomic mass is 10.0. The lowest BCUT2D eigenvalue weighted by Gasteiger charge is -2.09. The molecule has 2 heterocycles. The number of fused-ring (bicyclic) bond motifs is 1. The normalized spacial score (nSPS) is 10.9. The summed E-state index contributed by atoms with van der Waals surface area (Å²) in [6.07, 6.45) is 0. The van der Waals surface area contributed by atoms with E-state index in [-0.39, 0.29) is 12.3 Å². The van der Waals surface area contributed by atoms with Gasteiger partial charge in [-0.1, -0.05) is 12.1 Å². The highest BCUT2D eigenvalue weighted by Crippen LogP contribution is 2.23. The standard InChI is InChI=1S/C17H16N2O4/c1-9-4-5-13-12(7-15(20)23-16(13)11(9)3)8-22-17(21)14-6-10(2)18-19-14/h4-7H,8H2,1-3H3,(H,18,19). The number of ether oxygens (including phenoxy) is 1. The van der Waals surface area contributed by atoms with Crippen molar-refractivity contribution in [1.29, 1.82) is 0 Å². The van der Waals surface area contributed by atoms with Gasteiger partial charge >= 0.3 is 11.6 Å². The third kappa shape index (κ3) is 2.88. The van der Waals surface area contributed by atoms with Crippen LogP contribution >= 0.6 is 0 Å². The second kappa shape index (κ2) is 5.72. The number of carbonyl (C=O) groups is 1. The molecule has 3 aromatic rings. The number of hydrogen-bond donors (Lipinski definition) is 1. The van der Waals surface area contributed by atoms with Gasteiger partial charge < -0.3 is 9.15 Å². The zero-order valence-electron chi connectivity index (χ0n) is 13.1. The van der Waals surface area contributed by atoms with Crippen molar-refractivity contribution in [2.75, 3.05) is 0 Å². The smallest absolute Gasteiger partial charge is 0.359 e. The van der Waals surface area contributed by atoms with Crippen LogP contribution in [0.15, 0.2) is 33.5 Å². The van der Waals surface area contributed by atoms with Gasteiger partial charge in [0.1, 0.15) is 12.2 Å². The van der Waals surface area contributed by atoms with Crippen LogP contribution in [-0.2, 0) is 11.3 Å². The van der Waals surface area contributed by atoms with Crippen LogP contribution < -0.4 is 5.63 Å². The maximum absolute atomic E-state index is 12.0. The Kier molecular flexibility index (Phi) is 3.73. The van der Waals surface area contributed by atoms with E-state index >= 15 is 0 Å². The summed E-state index contributed by atoms with van der Waals surface area (Å²) in [6.45, 7) is 5.62. The quantitative estimate of drug-likeness (QED) is 0.594. The van der Waals surface area contributed by atoms with Crippen molar-refractivity contribution in [3.05, 3.63) is 62.8 Å². The number of rotatable bonds is 3. The SMILES string of the molecule is Cc1cc(C(=O)OCc2cc(=O)oc3c(C)c(C)ccc23)n[nH]1. The van der Waals surface area contributed by atoms with E-state index in [9.17, 15) is 9.59 Å². The molecule has 0 unspecified atom stereocenters. The van der Waals surface area contributed by atoms with Crippen LogP contribution in [0.25, 0.3) is 11.0 Å². The van der Waals surface area contributed by atoms with Gasteiger partial charge in [-0.3, -0.25) is 5.10 Å². The summed E-state index contributed by atoms with van der Waals surface area (Å²) in [5, 5.41) is 7.30. The highest BCUT2D eigenvalue weighted by atomic mass is 16.5. The van der Waals surface area contributed by atoms with Crippen LogP contribution in [0.5, 0.6) is 0 Å². The number of esters is 1. The molecule has 0 saturated heterocycles. The molecule has 0 amide bonds. The van der Waals surface area contributed by atoms with Gasteiger partial charge in [-0.15, -0.1) is 0 Å². The van der Waals surface area contributed by atoms with Gasteiger partial charge in [0, 0.05) is 22.7 Å². The summed E-state index contributed by atoms with van der Waals surface area (Å²) in [7, 11) is 0. The average molecular weight is 312 g/mol. The maximum atomic E-state index is 12.0. The number of aryl methyl sites for hydroxylation is 3. The summed E-state index contributed by atoms with van der Waals surface area (Å²) in [4.78, 5) is 23.7. The minimum absolute atomic E-state index is 0.0185. The number of hydrogen-bond acceptors (Lipinski definition) is 5. The van der Waals surface area contributed by atoms with Crippen molar-refractivity contribution in [2.45, 2.75) is 27.4 Å². The van der Waals surface area contributed by atoms with Crippen molar-refractivity contribution in [3.63, 3.8) is 0 Å². The zero-order valence-corrected chi connectivity index (χ0v) is 13.1. The van der Waals surface area contributed by atoms with Gasteiger partial charge in [0.2, 0.25) is 0 Å². The predicted molar refractivity (Wildman–Crippen MR) is 84.4 cm³/mol. The first-order chi connectivity index (χ1) is 11.0. The molecular weight excluding hydrogens is 296 g/mol. The number of carbonyl (C=O) groups excluding carboxylic acids is 1. The Bertz CT molecular complexity index is 953. The summed E-state index contributed by atoms with van der Waals surface area (Å²) in [5.74, 6) is -0.542. The molecule has 0 spiro atoms. The van der Waals surface area contributed by atoms with Crippen molar-refractivity contribution in [1.82, 2.24) is 10.2 Å². The Morgan fingerprint density at radius 2 is 2.04 bits per heavy atom. The largest absolute Gasteiger partial charge is 0.456 e. The summed E-state index contributed by atoms with van der Waals surface area (Å²) in [6, 6.07) is 6.76. The Hall–Kier alpha value is -2.89. The van der Waals surface area contributed by atoms with Crippen molar-refractivity contribution in [3.8, 4) is 0 Å². The molecule has 2 aromatic heterocycles. The fraction of sp³-hybridized carbons (Fsp3) is 0.235. The molecule has 3 rings (SSSR count). The predicted octanol–water partition coefficient (Wildman–Crippen LogP) is 2.80. The van der Waals surface area contributed by atoms with Crippen LogP contribution in [0, 0.1) is 20.8 Å². The molecule has 118 valence electrons. The molecule has 0 fully saturated rings. The van der Waals surface area contributed by atoms with E-state index in [1.165, 1.54) is 6.07 Å². The van der Waals surface area contributed by atoms with E-state index in [1.54, 1.807) is 13.0 Å². The van der Waals surface area contributed by atoms with E-state index in [4.69, 9.17) is 9.15 Å². The number of nitrogens with zero attached hydrogens (tertiary/aromatic N) is 1. The van der Waals surface area contributed by atoms with Crippen molar-refractivity contribution >= 4 is 16.9 Å². The number of nitrogens with one attached hydrogen (secondary N) is 1. The van der Waals surface area contributed by atoms with Crippen molar-refractivity contribution < 1.29 is 13.9 Å². The van der Waals surface area contributed by atoms with Crippen LogP contribution in [-0.4, -0.2) is 16.2 Å². The first-order valence-corrected chi connectivity index (χ1v) is 7.18. The highest BCUT2D eigenvalue weighted by molar-refractivity contribution is 5.88. The average Bonchev–Trinajstić information content (AvgIpc) is 2.95. The topological polar surface area (TPSA) is 85.2 Å². The Morgan fingerprint density at radius 3 is 2.74 bits per heavy atom. The fourth-order valence-corrected chi connectivity index (χ4v) is 2.38. The lowest BCUT2D eigenvalue weighted by molar-refractivity contribution is 0.0467. The van der Waals surface area contributed by atoms with E-state index in [0.717, 1.165) is 22.2 Å². The molecule has 0 radical (unpaired) electrons. The summed E-state index contributed by atoms with van der Waals surface area (Å²) < 4.78 is 10.6. The lowest BCUT2D eigenvalue weighted by Crippen LogP contribution is -2.08. The molecule has 0 aliphatic rings. The van der Waals surface area contributed by atoms with Gasteiger partial charge in [0.25, 0.3) is 0 Å². The zero-order chi connectivity index (χ0) is 16.6. The molecule has 6 nitrogen and oxygen atoms in total. The molecule has 0 saturated carbocycles. The van der Waals surface area contributed by atoms with E-state index in [2.05, 4.69) is 10.2 Å². The van der Waals surface area contributed by atoms with E-state index in [1.807, 2.05) is 26.0 Å². The van der Waals surface area contributed by atoms with Gasteiger partial charge in [0.15, 0.2) is 5.69 Å². The minimum Gasteiger partial charge on any atom is -0.456 e. The number of aromatic amines is 1. The molecule has 23 heavy (non-hydrogen) atoms. The number of H-pyrrole nitrogens is 1. The van der Waals surface area contributed by atoms with Gasteiger partial charge in [0.05, 0.1) is 0 Å². The number of aromatic nitrogens is 2. The first kappa shape index (κ1) is 15.0. The second-order valence-electron chi connectivity index (χ2n) is 5.49. The maximum Gasteiger partial charge on any atom is 0.359 e. The fourth-order valence-electron chi connectivity index (χ4n) is 2.38. The minimum atomic E-state index is -0.542. The van der Waals surface area contributed by atoms with Crippen LogP contribution in [0.3, 0.4) is 0 Å². The second-order valence-corrected chi connectivity index (χ2v) is 5.49. The van der Waals surface area contributed by atoms with Crippen LogP contribution in [0.1, 0.15) is 32.9 Å². The molecule has 0 aliphatic heterocycles. The third-order valence-corrected chi connectivity index (χ3v) is 3.79. The molecule has 6 heteroatoms. The van der Waals surface area contributed by atoms with Crippen LogP contribution in [0.4, 0.5) is 0 Å². The number of benzene rings is 1. The van der Waals surface area contributed by atoms with Gasteiger partial charge in [-0.05, 0) is 38.0 Å². The Labute approximate surface area is 132 Å². The Morgan fingerprint density at radius 1 is 1.26 bits per heavy atom. The monoisotopic (exact) mass is 312 g/mol. The highest BCUT2D eigenvalue weighted by Gasteiger charge is 2.14.